The molecular formula is C27H51N. The standard InChI is InChI=1S/C27H51N/c1-23-17-12-8-7-11-15-20-25(23)26-21-16-22-27(26)28-24-18-13-9-5-3-2-4-6-10-14-19-24/h23-28H,2-22H2,1H3. The highest BCUT2D eigenvalue weighted by molar-refractivity contribution is 4.91. The Labute approximate surface area is 177 Å². The summed E-state index contributed by atoms with van der Waals surface area (Å²) in [5.41, 5.74) is 0. The molecule has 3 aliphatic carbocycles. The number of hydrogen-bond acceptors (Lipinski definition) is 1. The molecule has 0 aromatic carbocycles. The summed E-state index contributed by atoms with van der Waals surface area (Å²) in [5, 5.41) is 4.29. The highest BCUT2D eigenvalue weighted by Gasteiger charge is 2.36. The van der Waals surface area contributed by atoms with Gasteiger partial charge in [-0.2, -0.15) is 0 Å². The van der Waals surface area contributed by atoms with Gasteiger partial charge in [-0.3, -0.25) is 0 Å². The predicted molar refractivity (Wildman–Crippen MR) is 124 cm³/mol. The quantitative estimate of drug-likeness (QED) is 0.510. The summed E-state index contributed by atoms with van der Waals surface area (Å²) in [6.07, 6.45) is 31.2. The van der Waals surface area contributed by atoms with Gasteiger partial charge in [0.25, 0.3) is 0 Å². The predicted octanol–water partition coefficient (Wildman–Crippen LogP) is 8.41. The van der Waals surface area contributed by atoms with E-state index < -0.39 is 0 Å². The van der Waals surface area contributed by atoms with Crippen LogP contribution in [0.2, 0.25) is 0 Å². The lowest BCUT2D eigenvalue weighted by molar-refractivity contribution is 0.174. The maximum Gasteiger partial charge on any atom is 0.0101 e. The number of nitrogens with one attached hydrogen (secondary N) is 1. The van der Waals surface area contributed by atoms with Crippen LogP contribution < -0.4 is 5.32 Å². The average Bonchev–Trinajstić information content (AvgIpc) is 3.16. The minimum atomic E-state index is 0.816. The molecule has 3 rings (SSSR count). The van der Waals surface area contributed by atoms with Gasteiger partial charge in [0.1, 0.15) is 0 Å². The first-order chi connectivity index (χ1) is 13.8. The molecule has 1 N–H and O–H groups in total. The molecule has 4 unspecified atom stereocenters. The van der Waals surface area contributed by atoms with Crippen molar-refractivity contribution in [2.45, 2.75) is 154 Å². The van der Waals surface area contributed by atoms with Gasteiger partial charge in [-0.15, -0.1) is 0 Å². The lowest BCUT2D eigenvalue weighted by Crippen LogP contribution is -2.43. The molecule has 1 heteroatoms. The minimum Gasteiger partial charge on any atom is -0.311 e. The Hall–Kier alpha value is -0.0400. The van der Waals surface area contributed by atoms with Crippen molar-refractivity contribution in [3.8, 4) is 0 Å². The van der Waals surface area contributed by atoms with Crippen LogP contribution in [-0.2, 0) is 0 Å². The van der Waals surface area contributed by atoms with Crippen LogP contribution in [0.5, 0.6) is 0 Å². The van der Waals surface area contributed by atoms with Gasteiger partial charge in [0.15, 0.2) is 0 Å². The SMILES string of the molecule is CC1CCCCCCCC1C1CCCC1NC1CCCCCCCCCCC1. The van der Waals surface area contributed by atoms with Crippen LogP contribution in [-0.4, -0.2) is 12.1 Å². The van der Waals surface area contributed by atoms with E-state index in [4.69, 9.17) is 0 Å². The van der Waals surface area contributed by atoms with Gasteiger partial charge in [-0.25, -0.2) is 0 Å². The first kappa shape index (κ1) is 22.6. The Bertz CT molecular complexity index is 380. The monoisotopic (exact) mass is 389 g/mol. The van der Waals surface area contributed by atoms with E-state index in [9.17, 15) is 0 Å². The summed E-state index contributed by atoms with van der Waals surface area (Å²) in [7, 11) is 0. The van der Waals surface area contributed by atoms with Crippen molar-refractivity contribution in [2.24, 2.45) is 17.8 Å². The molecule has 3 aliphatic rings. The normalized spacial score (nSPS) is 35.9. The van der Waals surface area contributed by atoms with E-state index in [-0.39, 0.29) is 0 Å². The van der Waals surface area contributed by atoms with E-state index in [0.717, 1.165) is 29.8 Å². The summed E-state index contributed by atoms with van der Waals surface area (Å²) in [5.74, 6) is 2.95. The first-order valence-electron chi connectivity index (χ1n) is 13.6. The molecule has 0 radical (unpaired) electrons. The zero-order chi connectivity index (χ0) is 19.4. The second-order valence-electron chi connectivity index (χ2n) is 10.8. The fourth-order valence-electron chi connectivity index (χ4n) is 6.85. The molecule has 0 aliphatic heterocycles. The topological polar surface area (TPSA) is 12.0 Å². The van der Waals surface area contributed by atoms with Gasteiger partial charge < -0.3 is 5.32 Å². The van der Waals surface area contributed by atoms with Gasteiger partial charge >= 0.3 is 0 Å². The van der Waals surface area contributed by atoms with Gasteiger partial charge in [0.2, 0.25) is 0 Å². The molecular weight excluding hydrogens is 338 g/mol. The third-order valence-electron chi connectivity index (χ3n) is 8.60. The smallest absolute Gasteiger partial charge is 0.0101 e. The fraction of sp³-hybridized carbons (Fsp3) is 1.00. The third-order valence-corrected chi connectivity index (χ3v) is 8.60. The van der Waals surface area contributed by atoms with Crippen LogP contribution in [0.4, 0.5) is 0 Å². The average molecular weight is 390 g/mol. The van der Waals surface area contributed by atoms with Crippen LogP contribution in [0.15, 0.2) is 0 Å². The summed E-state index contributed by atoms with van der Waals surface area (Å²) < 4.78 is 0. The highest BCUT2D eigenvalue weighted by Crippen LogP contribution is 2.41. The summed E-state index contributed by atoms with van der Waals surface area (Å²) >= 11 is 0. The van der Waals surface area contributed by atoms with Crippen molar-refractivity contribution >= 4 is 0 Å². The molecule has 1 nitrogen and oxygen atoms in total. The van der Waals surface area contributed by atoms with Crippen molar-refractivity contribution in [1.29, 1.82) is 0 Å². The maximum atomic E-state index is 4.29. The molecule has 164 valence electrons. The van der Waals surface area contributed by atoms with Gasteiger partial charge in [-0.1, -0.05) is 110 Å². The van der Waals surface area contributed by atoms with E-state index in [1.54, 1.807) is 0 Å². The Morgan fingerprint density at radius 3 is 1.50 bits per heavy atom. The Balaban J connectivity index is 1.55. The van der Waals surface area contributed by atoms with E-state index in [1.165, 1.54) is 135 Å². The zero-order valence-corrected chi connectivity index (χ0v) is 19.2. The van der Waals surface area contributed by atoms with E-state index in [0.29, 0.717) is 0 Å². The zero-order valence-electron chi connectivity index (χ0n) is 19.2. The van der Waals surface area contributed by atoms with Crippen LogP contribution in [0.1, 0.15) is 142 Å². The van der Waals surface area contributed by atoms with Crippen LogP contribution in [0.25, 0.3) is 0 Å². The molecule has 3 fully saturated rings. The van der Waals surface area contributed by atoms with Crippen molar-refractivity contribution in [1.82, 2.24) is 5.32 Å². The van der Waals surface area contributed by atoms with Crippen LogP contribution in [0, 0.1) is 17.8 Å². The first-order valence-corrected chi connectivity index (χ1v) is 13.6. The maximum absolute atomic E-state index is 4.29. The molecule has 0 bridgehead atoms. The molecule has 0 saturated heterocycles. The van der Waals surface area contributed by atoms with Crippen LogP contribution in [0.3, 0.4) is 0 Å². The van der Waals surface area contributed by atoms with Crippen molar-refractivity contribution < 1.29 is 0 Å². The highest BCUT2D eigenvalue weighted by atomic mass is 15.0. The Morgan fingerprint density at radius 2 is 0.893 bits per heavy atom. The van der Waals surface area contributed by atoms with Gasteiger partial charge in [0, 0.05) is 12.1 Å². The van der Waals surface area contributed by atoms with E-state index >= 15 is 0 Å². The molecule has 4 atom stereocenters. The minimum absolute atomic E-state index is 0.816. The second kappa shape index (κ2) is 13.3. The molecule has 0 aromatic rings. The molecule has 0 heterocycles. The number of hydrogen-bond donors (Lipinski definition) is 1. The van der Waals surface area contributed by atoms with Crippen molar-refractivity contribution in [2.75, 3.05) is 0 Å². The summed E-state index contributed by atoms with van der Waals surface area (Å²) in [4.78, 5) is 0. The summed E-state index contributed by atoms with van der Waals surface area (Å²) in [6.45, 7) is 2.60. The molecule has 28 heavy (non-hydrogen) atoms. The van der Waals surface area contributed by atoms with Gasteiger partial charge in [-0.05, 0) is 49.9 Å². The molecule has 0 aromatic heterocycles. The van der Waals surface area contributed by atoms with Crippen LogP contribution >= 0.6 is 0 Å². The Kier molecular flexibility index (Phi) is 10.8. The largest absolute Gasteiger partial charge is 0.311 e. The van der Waals surface area contributed by atoms with E-state index in [1.807, 2.05) is 0 Å². The van der Waals surface area contributed by atoms with Crippen molar-refractivity contribution in [3.05, 3.63) is 0 Å². The molecule has 0 amide bonds. The third kappa shape index (κ3) is 7.66. The lowest BCUT2D eigenvalue weighted by atomic mass is 9.75. The number of rotatable bonds is 3. The fourth-order valence-corrected chi connectivity index (χ4v) is 6.85. The second-order valence-corrected chi connectivity index (χ2v) is 10.8. The lowest BCUT2D eigenvalue weighted by Gasteiger charge is -2.36. The van der Waals surface area contributed by atoms with E-state index in [2.05, 4.69) is 12.2 Å². The summed E-state index contributed by atoms with van der Waals surface area (Å²) in [6, 6.07) is 1.66. The molecule has 0 spiro atoms. The molecule has 3 saturated carbocycles. The van der Waals surface area contributed by atoms with Crippen molar-refractivity contribution in [3.63, 3.8) is 0 Å². The Morgan fingerprint density at radius 1 is 0.429 bits per heavy atom. The van der Waals surface area contributed by atoms with Gasteiger partial charge in [0.05, 0.1) is 0 Å².